The lowest BCUT2D eigenvalue weighted by molar-refractivity contribution is 0.348. The molecule has 0 bridgehead atoms. The largest absolute Gasteiger partial charge is 0.323 e. The maximum absolute atomic E-state index is 4.71. The van der Waals surface area contributed by atoms with Crippen LogP contribution in [0.5, 0.6) is 0 Å². The molecule has 0 spiro atoms. The molecule has 1 aromatic rings. The second-order valence-electron chi connectivity index (χ2n) is 7.82. The lowest BCUT2D eigenvalue weighted by atomic mass is 9.77. The van der Waals surface area contributed by atoms with Gasteiger partial charge < -0.3 is 4.90 Å². The van der Waals surface area contributed by atoms with Crippen LogP contribution in [0, 0.1) is 0 Å². The van der Waals surface area contributed by atoms with Crippen molar-refractivity contribution in [2.24, 2.45) is 4.99 Å². The van der Waals surface area contributed by atoms with Gasteiger partial charge in [-0.2, -0.15) is 0 Å². The Bertz CT molecular complexity index is 675. The number of rotatable bonds is 2. The summed E-state index contributed by atoms with van der Waals surface area (Å²) in [4.78, 5) is 6.99. The second kappa shape index (κ2) is 6.96. The van der Waals surface area contributed by atoms with Gasteiger partial charge in [-0.1, -0.05) is 59.2 Å². The Labute approximate surface area is 148 Å². The topological polar surface area (TPSA) is 15.6 Å². The van der Waals surface area contributed by atoms with Gasteiger partial charge in [0, 0.05) is 18.0 Å². The van der Waals surface area contributed by atoms with Crippen LogP contribution in [0.25, 0.3) is 6.08 Å². The normalized spacial score (nSPS) is 17.5. The van der Waals surface area contributed by atoms with Gasteiger partial charge in [-0.05, 0) is 49.0 Å². The third-order valence-corrected chi connectivity index (χ3v) is 4.86. The van der Waals surface area contributed by atoms with Crippen LogP contribution in [0.15, 0.2) is 41.7 Å². The van der Waals surface area contributed by atoms with E-state index in [9.17, 15) is 0 Å². The lowest BCUT2D eigenvalue weighted by Crippen LogP contribution is -2.46. The highest BCUT2D eigenvalue weighted by Crippen LogP contribution is 2.37. The smallest absolute Gasteiger partial charge is 0.141 e. The second-order valence-corrected chi connectivity index (χ2v) is 7.82. The van der Waals surface area contributed by atoms with E-state index in [4.69, 9.17) is 4.99 Å². The maximum Gasteiger partial charge on any atom is 0.141 e. The Hall–Kier alpha value is -1.83. The molecule has 0 N–H and O–H groups in total. The van der Waals surface area contributed by atoms with E-state index in [1.807, 2.05) is 6.20 Å². The van der Waals surface area contributed by atoms with Gasteiger partial charge in [-0.3, -0.25) is 0 Å². The predicted octanol–water partition coefficient (Wildman–Crippen LogP) is 6.13. The lowest BCUT2D eigenvalue weighted by Gasteiger charge is -2.42. The number of fused-ring (bicyclic) bond motifs is 3. The van der Waals surface area contributed by atoms with E-state index in [0.717, 1.165) is 12.3 Å². The molecule has 2 heteroatoms. The standard InChI is InChI=1S/C19H24N2.C3H8/c1-6-18(2,3)15-9-7-8-14-10-13-21-17(16(14)15)20-12-11-19(21,4)5;1-3-2/h7-13H,6H2,1-5H3;3H2,1-2H3. The molecular formula is C22H32N2. The zero-order valence-corrected chi connectivity index (χ0v) is 16.4. The molecule has 130 valence electrons. The van der Waals surface area contributed by atoms with Crippen LogP contribution >= 0.6 is 0 Å². The summed E-state index contributed by atoms with van der Waals surface area (Å²) in [7, 11) is 0. The Balaban J connectivity index is 0.000000647. The van der Waals surface area contributed by atoms with Crippen molar-refractivity contribution in [3.63, 3.8) is 0 Å². The highest BCUT2D eigenvalue weighted by molar-refractivity contribution is 6.07. The van der Waals surface area contributed by atoms with E-state index >= 15 is 0 Å². The molecule has 0 saturated carbocycles. The summed E-state index contributed by atoms with van der Waals surface area (Å²) in [6, 6.07) is 6.61. The Kier molecular flexibility index (Phi) is 5.37. The first kappa shape index (κ1) is 18.5. The monoisotopic (exact) mass is 324 g/mol. The summed E-state index contributed by atoms with van der Waals surface area (Å²) < 4.78 is 0. The first-order chi connectivity index (χ1) is 11.3. The van der Waals surface area contributed by atoms with Gasteiger partial charge in [-0.15, -0.1) is 0 Å². The first-order valence-corrected chi connectivity index (χ1v) is 9.15. The highest BCUT2D eigenvalue weighted by atomic mass is 15.2. The summed E-state index contributed by atoms with van der Waals surface area (Å²) in [6.07, 6.45) is 10.8. The maximum atomic E-state index is 4.71. The van der Waals surface area contributed by atoms with Crippen LogP contribution in [0.1, 0.15) is 78.0 Å². The molecule has 0 fully saturated rings. The van der Waals surface area contributed by atoms with Crippen LogP contribution in [0.2, 0.25) is 0 Å². The van der Waals surface area contributed by atoms with Gasteiger partial charge in [0.1, 0.15) is 5.84 Å². The number of benzene rings is 1. The van der Waals surface area contributed by atoms with Crippen LogP contribution in [-0.2, 0) is 5.41 Å². The van der Waals surface area contributed by atoms with Crippen molar-refractivity contribution in [2.75, 3.05) is 0 Å². The van der Waals surface area contributed by atoms with Crippen molar-refractivity contribution >= 4 is 11.9 Å². The zero-order valence-electron chi connectivity index (χ0n) is 16.4. The van der Waals surface area contributed by atoms with Crippen LogP contribution in [0.4, 0.5) is 0 Å². The van der Waals surface area contributed by atoms with E-state index in [1.165, 1.54) is 23.1 Å². The molecule has 2 aliphatic heterocycles. The van der Waals surface area contributed by atoms with E-state index < -0.39 is 0 Å². The van der Waals surface area contributed by atoms with Crippen molar-refractivity contribution in [1.29, 1.82) is 0 Å². The molecule has 0 saturated heterocycles. The van der Waals surface area contributed by atoms with Gasteiger partial charge in [0.05, 0.1) is 5.54 Å². The molecule has 24 heavy (non-hydrogen) atoms. The number of amidine groups is 1. The van der Waals surface area contributed by atoms with Crippen LogP contribution in [-0.4, -0.2) is 16.3 Å². The van der Waals surface area contributed by atoms with Crippen molar-refractivity contribution in [2.45, 2.75) is 72.3 Å². The van der Waals surface area contributed by atoms with Crippen molar-refractivity contribution in [1.82, 2.24) is 4.90 Å². The minimum absolute atomic E-state index is 0.0330. The molecular weight excluding hydrogens is 292 g/mol. The summed E-state index contributed by atoms with van der Waals surface area (Å²) >= 11 is 0. The summed E-state index contributed by atoms with van der Waals surface area (Å²) in [6.45, 7) is 15.6. The number of hydrogen-bond acceptors (Lipinski definition) is 2. The van der Waals surface area contributed by atoms with Gasteiger partial charge in [0.2, 0.25) is 0 Å². The van der Waals surface area contributed by atoms with E-state index in [0.29, 0.717) is 0 Å². The SMILES string of the molecule is CCC.CCC(C)(C)c1cccc2c1C1=NC=CC(C)(C)N1C=C2. The summed E-state index contributed by atoms with van der Waals surface area (Å²) in [5.74, 6) is 1.08. The van der Waals surface area contributed by atoms with Crippen LogP contribution in [0.3, 0.4) is 0 Å². The van der Waals surface area contributed by atoms with Gasteiger partial charge in [-0.25, -0.2) is 4.99 Å². The first-order valence-electron chi connectivity index (χ1n) is 9.15. The fraction of sp³-hybridized carbons (Fsp3) is 0.500. The Morgan fingerprint density at radius 2 is 1.79 bits per heavy atom. The molecule has 3 rings (SSSR count). The molecule has 2 nitrogen and oxygen atoms in total. The molecule has 2 heterocycles. The number of nitrogens with zero attached hydrogens (tertiary/aromatic N) is 2. The fourth-order valence-electron chi connectivity index (χ4n) is 3.02. The summed E-state index contributed by atoms with van der Waals surface area (Å²) in [5, 5.41) is 0. The summed E-state index contributed by atoms with van der Waals surface area (Å²) in [5.41, 5.74) is 4.08. The van der Waals surface area contributed by atoms with Gasteiger partial charge in [0.25, 0.3) is 0 Å². The molecule has 2 aliphatic rings. The third-order valence-electron chi connectivity index (χ3n) is 4.86. The van der Waals surface area contributed by atoms with E-state index in [-0.39, 0.29) is 11.0 Å². The average molecular weight is 325 g/mol. The Morgan fingerprint density at radius 3 is 2.42 bits per heavy atom. The minimum Gasteiger partial charge on any atom is -0.323 e. The molecule has 0 atom stereocenters. The van der Waals surface area contributed by atoms with E-state index in [1.54, 1.807) is 0 Å². The van der Waals surface area contributed by atoms with Gasteiger partial charge in [0.15, 0.2) is 0 Å². The minimum atomic E-state index is -0.0330. The molecule has 0 radical (unpaired) electrons. The molecule has 0 aromatic heterocycles. The fourth-order valence-corrected chi connectivity index (χ4v) is 3.02. The van der Waals surface area contributed by atoms with Crippen molar-refractivity contribution in [3.05, 3.63) is 53.4 Å². The zero-order chi connectivity index (χ0) is 18.0. The number of aliphatic imine (C=N–C) groups is 1. The van der Waals surface area contributed by atoms with Crippen molar-refractivity contribution in [3.8, 4) is 0 Å². The van der Waals surface area contributed by atoms with Gasteiger partial charge >= 0.3 is 0 Å². The predicted molar refractivity (Wildman–Crippen MR) is 106 cm³/mol. The third kappa shape index (κ3) is 3.33. The quantitative estimate of drug-likeness (QED) is 0.639. The average Bonchev–Trinajstić information content (AvgIpc) is 2.54. The van der Waals surface area contributed by atoms with Crippen molar-refractivity contribution < 1.29 is 0 Å². The molecule has 0 amide bonds. The number of hydrogen-bond donors (Lipinski definition) is 0. The molecule has 0 aliphatic carbocycles. The van der Waals surface area contributed by atoms with E-state index in [2.05, 4.69) is 89.9 Å². The highest BCUT2D eigenvalue weighted by Gasteiger charge is 2.35. The van der Waals surface area contributed by atoms with Crippen LogP contribution < -0.4 is 0 Å². The molecule has 1 aromatic carbocycles. The molecule has 0 unspecified atom stereocenters. The Morgan fingerprint density at radius 1 is 1.12 bits per heavy atom.